The lowest BCUT2D eigenvalue weighted by atomic mass is 9.91. The minimum atomic E-state index is -4.76. The van der Waals surface area contributed by atoms with Crippen molar-refractivity contribution in [3.8, 4) is 22.0 Å². The molecule has 0 saturated carbocycles. The number of alkyl halides is 3. The van der Waals surface area contributed by atoms with Gasteiger partial charge in [0.25, 0.3) is 5.91 Å². The summed E-state index contributed by atoms with van der Waals surface area (Å²) in [7, 11) is 2.96. The Bertz CT molecular complexity index is 1360. The zero-order chi connectivity index (χ0) is 26.1. The van der Waals surface area contributed by atoms with Crippen molar-refractivity contribution in [2.75, 3.05) is 26.0 Å². The highest BCUT2D eigenvalue weighted by Crippen LogP contribution is 2.36. The van der Waals surface area contributed by atoms with E-state index in [2.05, 4.69) is 25.3 Å². The zero-order valence-corrected chi connectivity index (χ0v) is 20.1. The summed E-state index contributed by atoms with van der Waals surface area (Å²) in [6, 6.07) is 8.56. The largest absolute Gasteiger partial charge is 0.432 e. The van der Waals surface area contributed by atoms with Crippen molar-refractivity contribution in [3.63, 3.8) is 0 Å². The Morgan fingerprint density at radius 3 is 2.75 bits per heavy atom. The van der Waals surface area contributed by atoms with Crippen LogP contribution in [0.4, 0.5) is 19.1 Å². The van der Waals surface area contributed by atoms with Gasteiger partial charge in [0.2, 0.25) is 5.95 Å². The highest BCUT2D eigenvalue weighted by atomic mass is 32.1. The first-order valence-electron chi connectivity index (χ1n) is 10.7. The van der Waals surface area contributed by atoms with Crippen LogP contribution < -0.4 is 11.1 Å². The maximum Gasteiger partial charge on any atom is 0.432 e. The Kier molecular flexibility index (Phi) is 6.78. The molecule has 9 nitrogen and oxygen atoms in total. The van der Waals surface area contributed by atoms with Crippen molar-refractivity contribution in [2.45, 2.75) is 18.2 Å². The van der Waals surface area contributed by atoms with Crippen LogP contribution in [0, 0.1) is 0 Å². The number of nitrogens with two attached hydrogens (primary N) is 1. The van der Waals surface area contributed by atoms with E-state index in [0.717, 1.165) is 6.21 Å². The first kappa shape index (κ1) is 25.3. The normalized spacial score (nSPS) is 19.2. The van der Waals surface area contributed by atoms with E-state index in [1.807, 2.05) is 6.07 Å². The molecule has 13 heteroatoms. The molecule has 3 aromatic rings. The van der Waals surface area contributed by atoms with Crippen molar-refractivity contribution >= 4 is 29.4 Å². The summed E-state index contributed by atoms with van der Waals surface area (Å²) >= 11 is 1.32. The third kappa shape index (κ3) is 4.93. The fraction of sp³-hybridized carbons (Fsp3) is 0.261. The molecule has 1 fully saturated rings. The third-order valence-electron chi connectivity index (χ3n) is 5.62. The van der Waals surface area contributed by atoms with Crippen LogP contribution in [0.15, 0.2) is 58.3 Å². The van der Waals surface area contributed by atoms with Crippen molar-refractivity contribution < 1.29 is 23.1 Å². The minimum Gasteiger partial charge on any atom is -0.393 e. The van der Waals surface area contributed by atoms with Crippen LogP contribution in [0.3, 0.4) is 0 Å². The maximum absolute atomic E-state index is 13.1. The van der Waals surface area contributed by atoms with Crippen LogP contribution in [-0.2, 0) is 10.4 Å². The minimum absolute atomic E-state index is 0.114. The van der Waals surface area contributed by atoms with E-state index in [1.54, 1.807) is 36.7 Å². The number of carbonyl (C=O) groups is 1. The summed E-state index contributed by atoms with van der Waals surface area (Å²) < 4.78 is 39.2. The number of aliphatic hydroxyl groups is 1. The lowest BCUT2D eigenvalue weighted by Crippen LogP contribution is -2.36. The number of nitrogens with one attached hydrogen (secondary N) is 1. The number of aliphatic imine (C=N–C) groups is 1. The quantitative estimate of drug-likeness (QED) is 0.428. The number of likely N-dealkylation sites (N-methyl/N-ethyl adjacent to an activating group) is 1. The molecule has 36 heavy (non-hydrogen) atoms. The number of hydrogen-bond acceptors (Lipinski definition) is 9. The predicted molar refractivity (Wildman–Crippen MR) is 130 cm³/mol. The molecule has 1 aliphatic heterocycles. The standard InChI is InChI=1S/C23H22F3N7O2S/c1-28-11-16(18(27)23(24,25)26)32-21-29-8-6-15(31-21)17-12-36-19(30-17)13-4-3-5-14(10-13)22(35)7-9-33(2)20(22)34/h3-6,8,10-12,35H,7,9,27H2,1-2H3,(H,29,31,32)/b18-16+,28-11?. The number of amides is 1. The van der Waals surface area contributed by atoms with Gasteiger partial charge >= 0.3 is 6.18 Å². The topological polar surface area (TPSA) is 130 Å². The summed E-state index contributed by atoms with van der Waals surface area (Å²) in [6.45, 7) is 0.459. The fourth-order valence-electron chi connectivity index (χ4n) is 3.69. The van der Waals surface area contributed by atoms with Gasteiger partial charge in [-0.25, -0.2) is 15.0 Å². The van der Waals surface area contributed by atoms with Gasteiger partial charge < -0.3 is 21.1 Å². The molecule has 1 aliphatic rings. The monoisotopic (exact) mass is 517 g/mol. The lowest BCUT2D eigenvalue weighted by molar-refractivity contribution is -0.143. The highest BCUT2D eigenvalue weighted by molar-refractivity contribution is 7.13. The van der Waals surface area contributed by atoms with Gasteiger partial charge in [-0.15, -0.1) is 11.3 Å². The summed E-state index contributed by atoms with van der Waals surface area (Å²) in [5.41, 5.74) is 3.83. The van der Waals surface area contributed by atoms with Crippen molar-refractivity contribution in [1.29, 1.82) is 0 Å². The van der Waals surface area contributed by atoms with Crippen LogP contribution >= 0.6 is 11.3 Å². The highest BCUT2D eigenvalue weighted by Gasteiger charge is 2.45. The molecule has 4 rings (SSSR count). The molecule has 2 aromatic heterocycles. The van der Waals surface area contributed by atoms with E-state index in [-0.39, 0.29) is 11.9 Å². The average molecular weight is 518 g/mol. The average Bonchev–Trinajstić information content (AvgIpc) is 3.45. The molecule has 1 unspecified atom stereocenters. The maximum atomic E-state index is 13.1. The Balaban J connectivity index is 1.61. The molecule has 188 valence electrons. The summed E-state index contributed by atoms with van der Waals surface area (Å²) in [4.78, 5) is 30.4. The van der Waals surface area contributed by atoms with Crippen molar-refractivity contribution in [2.24, 2.45) is 10.7 Å². The molecule has 4 N–H and O–H groups in total. The van der Waals surface area contributed by atoms with Gasteiger partial charge in [-0.3, -0.25) is 9.79 Å². The van der Waals surface area contributed by atoms with E-state index in [4.69, 9.17) is 5.73 Å². The van der Waals surface area contributed by atoms with E-state index < -0.39 is 23.2 Å². The molecule has 1 aromatic carbocycles. The first-order valence-corrected chi connectivity index (χ1v) is 11.5. The number of aromatic nitrogens is 3. The smallest absolute Gasteiger partial charge is 0.393 e. The number of carbonyl (C=O) groups excluding carboxylic acids is 1. The van der Waals surface area contributed by atoms with Gasteiger partial charge in [0.15, 0.2) is 5.60 Å². The fourth-order valence-corrected chi connectivity index (χ4v) is 4.50. The number of anilines is 1. The molecule has 3 heterocycles. The molecule has 0 radical (unpaired) electrons. The van der Waals surface area contributed by atoms with Gasteiger partial charge in [-0.2, -0.15) is 13.2 Å². The Morgan fingerprint density at radius 1 is 1.31 bits per heavy atom. The van der Waals surface area contributed by atoms with Gasteiger partial charge in [0.1, 0.15) is 16.4 Å². The summed E-state index contributed by atoms with van der Waals surface area (Å²) in [5, 5.41) is 15.8. The first-order chi connectivity index (χ1) is 17.0. The number of rotatable bonds is 6. The molecular weight excluding hydrogens is 495 g/mol. The molecule has 1 amide bonds. The zero-order valence-electron chi connectivity index (χ0n) is 19.2. The molecule has 1 atom stereocenters. The van der Waals surface area contributed by atoms with Crippen LogP contribution in [-0.4, -0.2) is 63.9 Å². The number of thiazole rings is 1. The van der Waals surface area contributed by atoms with Gasteiger partial charge in [0.05, 0.1) is 11.4 Å². The number of halogens is 3. The molecule has 0 bridgehead atoms. The van der Waals surface area contributed by atoms with Gasteiger partial charge in [-0.1, -0.05) is 18.2 Å². The predicted octanol–water partition coefficient (Wildman–Crippen LogP) is 3.16. The number of nitrogens with zero attached hydrogens (tertiary/aromatic N) is 5. The molecular formula is C23H22F3N7O2S. The molecule has 0 spiro atoms. The number of allylic oxidation sites excluding steroid dienone is 2. The van der Waals surface area contributed by atoms with E-state index in [1.165, 1.54) is 29.5 Å². The SMILES string of the molecule is CN=C/C(Nc1nccc(-c2csc(-c3cccc(C4(O)CCN(C)C4=O)c3)n2)n1)=C(\N)C(F)(F)F. The Hall–Kier alpha value is -3.84. The molecule has 0 aliphatic carbocycles. The van der Waals surface area contributed by atoms with Crippen molar-refractivity contribution in [3.05, 3.63) is 58.9 Å². The second-order valence-electron chi connectivity index (χ2n) is 8.06. The Labute approximate surface area is 208 Å². The Morgan fingerprint density at radius 2 is 2.08 bits per heavy atom. The number of likely N-dealkylation sites (tertiary alicyclic amines) is 1. The van der Waals surface area contributed by atoms with Crippen LogP contribution in [0.5, 0.6) is 0 Å². The van der Waals surface area contributed by atoms with Crippen LogP contribution in [0.2, 0.25) is 0 Å². The van der Waals surface area contributed by atoms with Gasteiger partial charge in [-0.05, 0) is 17.7 Å². The number of benzene rings is 1. The second-order valence-corrected chi connectivity index (χ2v) is 8.92. The van der Waals surface area contributed by atoms with Crippen molar-refractivity contribution in [1.82, 2.24) is 19.9 Å². The van der Waals surface area contributed by atoms with E-state index in [0.29, 0.717) is 40.5 Å². The third-order valence-corrected chi connectivity index (χ3v) is 6.51. The second kappa shape index (κ2) is 9.66. The molecule has 1 saturated heterocycles. The van der Waals surface area contributed by atoms with E-state index >= 15 is 0 Å². The lowest BCUT2D eigenvalue weighted by Gasteiger charge is -2.21. The number of hydrogen-bond donors (Lipinski definition) is 3. The van der Waals surface area contributed by atoms with E-state index in [9.17, 15) is 23.1 Å². The summed E-state index contributed by atoms with van der Waals surface area (Å²) in [6.07, 6.45) is -2.14. The summed E-state index contributed by atoms with van der Waals surface area (Å²) in [5.74, 6) is -0.467. The van der Waals surface area contributed by atoms with Crippen LogP contribution in [0.1, 0.15) is 12.0 Å². The van der Waals surface area contributed by atoms with Gasteiger partial charge in [0, 0.05) is 50.4 Å². The van der Waals surface area contributed by atoms with Crippen LogP contribution in [0.25, 0.3) is 22.0 Å².